The Morgan fingerprint density at radius 3 is 2.60 bits per heavy atom. The van der Waals surface area contributed by atoms with E-state index in [2.05, 4.69) is 10.6 Å². The second-order valence-electron chi connectivity index (χ2n) is 4.05. The molecule has 104 valence electrons. The Morgan fingerprint density at radius 2 is 1.95 bits per heavy atom. The first-order valence-corrected chi connectivity index (χ1v) is 6.53. The molecule has 1 heterocycles. The molecule has 6 nitrogen and oxygen atoms in total. The van der Waals surface area contributed by atoms with E-state index in [0.29, 0.717) is 11.3 Å². The van der Waals surface area contributed by atoms with Crippen molar-refractivity contribution in [2.75, 3.05) is 10.6 Å². The highest BCUT2D eigenvalue weighted by molar-refractivity contribution is 7.14. The van der Waals surface area contributed by atoms with Gasteiger partial charge in [-0.25, -0.2) is 9.59 Å². The molecule has 0 radical (unpaired) electrons. The highest BCUT2D eigenvalue weighted by Gasteiger charge is 2.14. The summed E-state index contributed by atoms with van der Waals surface area (Å²) in [7, 11) is 0. The smallest absolute Gasteiger partial charge is 0.338 e. The molecule has 20 heavy (non-hydrogen) atoms. The van der Waals surface area contributed by atoms with Gasteiger partial charge in [-0.1, -0.05) is 0 Å². The lowest BCUT2D eigenvalue weighted by Gasteiger charge is -2.09. The number of urea groups is 1. The molecular weight excluding hydrogens is 280 g/mol. The van der Waals surface area contributed by atoms with Crippen LogP contribution in [0.3, 0.4) is 0 Å². The second-order valence-corrected chi connectivity index (χ2v) is 4.96. The van der Waals surface area contributed by atoms with E-state index in [1.165, 1.54) is 18.2 Å². The van der Waals surface area contributed by atoms with Crippen LogP contribution in [0.5, 0.6) is 5.75 Å². The highest BCUT2D eigenvalue weighted by Crippen LogP contribution is 2.24. The molecule has 0 spiro atoms. The molecule has 0 saturated carbocycles. The predicted molar refractivity (Wildman–Crippen MR) is 76.8 cm³/mol. The van der Waals surface area contributed by atoms with Crippen molar-refractivity contribution in [1.82, 2.24) is 0 Å². The fourth-order valence-electron chi connectivity index (χ4n) is 1.62. The number of carboxylic acid groups (broad SMARTS) is 1. The molecule has 4 N–H and O–H groups in total. The molecule has 2 rings (SSSR count). The van der Waals surface area contributed by atoms with Crippen LogP contribution >= 0.6 is 11.3 Å². The van der Waals surface area contributed by atoms with Crippen molar-refractivity contribution in [3.05, 3.63) is 40.8 Å². The third-order valence-corrected chi connectivity index (χ3v) is 3.41. The molecule has 1 aromatic carbocycles. The lowest BCUT2D eigenvalue weighted by molar-refractivity contribution is 0.0698. The second kappa shape index (κ2) is 5.62. The first-order valence-electron chi connectivity index (χ1n) is 5.66. The summed E-state index contributed by atoms with van der Waals surface area (Å²) < 4.78 is 0. The molecule has 0 aliphatic rings. The van der Waals surface area contributed by atoms with E-state index in [4.69, 9.17) is 5.11 Å². The maximum atomic E-state index is 11.8. The first kappa shape index (κ1) is 13.9. The van der Waals surface area contributed by atoms with Gasteiger partial charge in [0.05, 0.1) is 5.56 Å². The van der Waals surface area contributed by atoms with Crippen LogP contribution in [0, 0.1) is 6.92 Å². The van der Waals surface area contributed by atoms with E-state index < -0.39 is 12.0 Å². The minimum atomic E-state index is -1.10. The summed E-state index contributed by atoms with van der Waals surface area (Å²) in [5.74, 6) is -0.984. The van der Waals surface area contributed by atoms with Gasteiger partial charge < -0.3 is 15.5 Å². The number of hydrogen-bond donors (Lipinski definition) is 4. The van der Waals surface area contributed by atoms with Gasteiger partial charge in [-0.2, -0.15) is 0 Å². The minimum absolute atomic E-state index is 0.0487. The molecule has 1 aromatic heterocycles. The Hall–Kier alpha value is -2.54. The zero-order valence-corrected chi connectivity index (χ0v) is 11.3. The quantitative estimate of drug-likeness (QED) is 0.653. The molecular formula is C13H12N2O4S. The van der Waals surface area contributed by atoms with Crippen LogP contribution in [-0.2, 0) is 0 Å². The maximum Gasteiger partial charge on any atom is 0.338 e. The fourth-order valence-corrected chi connectivity index (χ4v) is 2.39. The van der Waals surface area contributed by atoms with Crippen LogP contribution in [0.1, 0.15) is 15.9 Å². The molecule has 0 bridgehead atoms. The van der Waals surface area contributed by atoms with E-state index in [1.54, 1.807) is 18.4 Å². The summed E-state index contributed by atoms with van der Waals surface area (Å²) in [5, 5.41) is 25.2. The Bertz CT molecular complexity index is 666. The lowest BCUT2D eigenvalue weighted by atomic mass is 10.2. The van der Waals surface area contributed by atoms with Crippen LogP contribution in [0.4, 0.5) is 15.5 Å². The largest absolute Gasteiger partial charge is 0.508 e. The highest BCUT2D eigenvalue weighted by atomic mass is 32.1. The standard InChI is InChI=1S/C13H12N2O4S/c1-7-6-8(16)2-3-10(7)14-13(19)15-11-9(12(17)18)4-5-20-11/h2-6,16H,1H3,(H,17,18)(H2,14,15,19). The van der Waals surface area contributed by atoms with Gasteiger partial charge in [0.15, 0.2) is 0 Å². The molecule has 0 aliphatic carbocycles. The van der Waals surface area contributed by atoms with Crippen molar-refractivity contribution in [3.63, 3.8) is 0 Å². The molecule has 2 aromatic rings. The molecule has 0 unspecified atom stereocenters. The van der Waals surface area contributed by atoms with E-state index >= 15 is 0 Å². The van der Waals surface area contributed by atoms with Gasteiger partial charge in [-0.3, -0.25) is 5.32 Å². The predicted octanol–water partition coefficient (Wildman–Crippen LogP) is 3.10. The topological polar surface area (TPSA) is 98.7 Å². The summed E-state index contributed by atoms with van der Waals surface area (Å²) in [6.45, 7) is 1.74. The molecule has 2 amide bonds. The van der Waals surface area contributed by atoms with Gasteiger partial charge >= 0.3 is 12.0 Å². The van der Waals surface area contributed by atoms with Crippen molar-refractivity contribution in [2.24, 2.45) is 0 Å². The number of aromatic hydroxyl groups is 1. The van der Waals surface area contributed by atoms with Crippen LogP contribution < -0.4 is 10.6 Å². The van der Waals surface area contributed by atoms with Crippen molar-refractivity contribution in [3.8, 4) is 5.75 Å². The number of phenols is 1. The van der Waals surface area contributed by atoms with E-state index in [-0.39, 0.29) is 16.3 Å². The molecule has 0 fully saturated rings. The molecule has 0 saturated heterocycles. The average Bonchev–Trinajstić information content (AvgIpc) is 2.81. The summed E-state index contributed by atoms with van der Waals surface area (Å²) in [6.07, 6.45) is 0. The van der Waals surface area contributed by atoms with Crippen LogP contribution in [0.25, 0.3) is 0 Å². The number of aromatic carboxylic acids is 1. The zero-order valence-electron chi connectivity index (χ0n) is 10.5. The maximum absolute atomic E-state index is 11.8. The minimum Gasteiger partial charge on any atom is -0.508 e. The third-order valence-electron chi connectivity index (χ3n) is 2.58. The number of phenolic OH excluding ortho intramolecular Hbond substituents is 1. The number of nitrogens with one attached hydrogen (secondary N) is 2. The van der Waals surface area contributed by atoms with Gasteiger partial charge in [-0.15, -0.1) is 11.3 Å². The lowest BCUT2D eigenvalue weighted by Crippen LogP contribution is -2.20. The Kier molecular flexibility index (Phi) is 3.90. The SMILES string of the molecule is Cc1cc(O)ccc1NC(=O)Nc1sccc1C(=O)O. The van der Waals surface area contributed by atoms with Gasteiger partial charge in [0.25, 0.3) is 0 Å². The third kappa shape index (κ3) is 3.07. The summed E-state index contributed by atoms with van der Waals surface area (Å²) in [6, 6.07) is 5.43. The van der Waals surface area contributed by atoms with Crippen LogP contribution in [-0.4, -0.2) is 22.2 Å². The molecule has 7 heteroatoms. The molecule has 0 aliphatic heterocycles. The van der Waals surface area contributed by atoms with Crippen molar-refractivity contribution in [2.45, 2.75) is 6.92 Å². The van der Waals surface area contributed by atoms with Crippen molar-refractivity contribution < 1.29 is 19.8 Å². The average molecular weight is 292 g/mol. The number of carboxylic acids is 1. The van der Waals surface area contributed by atoms with Crippen molar-refractivity contribution >= 4 is 34.0 Å². The number of carbonyl (C=O) groups is 2. The van der Waals surface area contributed by atoms with Gasteiger partial charge in [0.2, 0.25) is 0 Å². The number of anilines is 2. The monoisotopic (exact) mass is 292 g/mol. The Balaban J connectivity index is 2.09. The zero-order chi connectivity index (χ0) is 14.7. The normalized spacial score (nSPS) is 10.1. The van der Waals surface area contributed by atoms with Crippen molar-refractivity contribution in [1.29, 1.82) is 0 Å². The molecule has 0 atom stereocenters. The number of aryl methyl sites for hydroxylation is 1. The van der Waals surface area contributed by atoms with Crippen LogP contribution in [0.15, 0.2) is 29.6 Å². The summed E-state index contributed by atoms with van der Waals surface area (Å²) >= 11 is 1.13. The number of carbonyl (C=O) groups excluding carboxylic acids is 1. The number of thiophene rings is 1. The van der Waals surface area contributed by atoms with E-state index in [0.717, 1.165) is 11.3 Å². The van der Waals surface area contributed by atoms with Gasteiger partial charge in [0, 0.05) is 5.69 Å². The number of benzene rings is 1. The Morgan fingerprint density at radius 1 is 1.20 bits per heavy atom. The van der Waals surface area contributed by atoms with Gasteiger partial charge in [0.1, 0.15) is 10.8 Å². The Labute approximate surface area is 118 Å². The number of rotatable bonds is 3. The van der Waals surface area contributed by atoms with E-state index in [1.807, 2.05) is 0 Å². The fraction of sp³-hybridized carbons (Fsp3) is 0.0769. The van der Waals surface area contributed by atoms with E-state index in [9.17, 15) is 14.7 Å². The van der Waals surface area contributed by atoms with Crippen LogP contribution in [0.2, 0.25) is 0 Å². The summed E-state index contributed by atoms with van der Waals surface area (Å²) in [5.41, 5.74) is 1.28. The first-order chi connectivity index (χ1) is 9.47. The van der Waals surface area contributed by atoms with Gasteiger partial charge in [-0.05, 0) is 42.1 Å². The number of hydrogen-bond acceptors (Lipinski definition) is 4. The summed E-state index contributed by atoms with van der Waals surface area (Å²) in [4.78, 5) is 22.7. The number of amides is 2.